The maximum absolute atomic E-state index is 5.97. The van der Waals surface area contributed by atoms with Crippen LogP contribution in [0.25, 0.3) is 11.0 Å². The van der Waals surface area contributed by atoms with Gasteiger partial charge in [0.05, 0.1) is 5.69 Å². The van der Waals surface area contributed by atoms with Crippen LogP contribution in [0.1, 0.15) is 31.4 Å². The number of nitrogens with zero attached hydrogens (tertiary/aromatic N) is 2. The Hall–Kier alpha value is -1.13. The molecule has 1 aliphatic rings. The summed E-state index contributed by atoms with van der Waals surface area (Å²) in [5.74, 6) is 0. The Labute approximate surface area is 98.6 Å². The summed E-state index contributed by atoms with van der Waals surface area (Å²) < 4.78 is 2.07. The first-order valence-corrected chi connectivity index (χ1v) is 6.56. The van der Waals surface area contributed by atoms with Crippen molar-refractivity contribution in [1.29, 1.82) is 0 Å². The number of rotatable bonds is 1. The molecule has 3 nitrogen and oxygen atoms in total. The number of hydrogen-bond acceptors (Lipinski definition) is 3. The van der Waals surface area contributed by atoms with Gasteiger partial charge in [-0.2, -0.15) is 0 Å². The van der Waals surface area contributed by atoms with Crippen molar-refractivity contribution < 1.29 is 0 Å². The molecule has 0 bridgehead atoms. The van der Waals surface area contributed by atoms with Crippen LogP contribution in [0.5, 0.6) is 0 Å². The number of aromatic nitrogens is 2. The number of thiazole rings is 1. The molecule has 4 heteroatoms. The van der Waals surface area contributed by atoms with Crippen LogP contribution in [0.4, 0.5) is 0 Å². The highest BCUT2D eigenvalue weighted by atomic mass is 32.1. The van der Waals surface area contributed by atoms with Gasteiger partial charge in [-0.15, -0.1) is 11.3 Å². The van der Waals surface area contributed by atoms with Crippen LogP contribution in [0.2, 0.25) is 0 Å². The number of nitrogens with two attached hydrogens (primary N) is 1. The van der Waals surface area contributed by atoms with Gasteiger partial charge >= 0.3 is 0 Å². The Balaban J connectivity index is 1.87. The molecule has 2 heterocycles. The lowest BCUT2D eigenvalue weighted by molar-refractivity contribution is 0.520. The van der Waals surface area contributed by atoms with E-state index in [0.717, 1.165) is 23.5 Å². The minimum absolute atomic E-state index is 0.351. The molecule has 0 spiro atoms. The van der Waals surface area contributed by atoms with E-state index in [1.165, 1.54) is 18.4 Å². The van der Waals surface area contributed by atoms with Gasteiger partial charge in [0.25, 0.3) is 0 Å². The summed E-state index contributed by atoms with van der Waals surface area (Å²) in [6.45, 7) is 0. The molecular formula is C12H15N3S. The second-order valence-corrected chi connectivity index (χ2v) is 5.29. The fraction of sp³-hybridized carbons (Fsp3) is 0.417. The van der Waals surface area contributed by atoms with Crippen molar-refractivity contribution in [3.8, 4) is 0 Å². The average molecular weight is 233 g/mol. The second-order valence-electron chi connectivity index (χ2n) is 4.42. The molecule has 0 aromatic carbocycles. The zero-order chi connectivity index (χ0) is 11.0. The first-order chi connectivity index (χ1) is 7.81. The molecule has 1 fully saturated rings. The topological polar surface area (TPSA) is 43.3 Å². The van der Waals surface area contributed by atoms with Crippen LogP contribution in [-0.4, -0.2) is 15.4 Å². The van der Waals surface area contributed by atoms with Gasteiger partial charge in [0.2, 0.25) is 0 Å². The van der Waals surface area contributed by atoms with E-state index in [-0.39, 0.29) is 0 Å². The van der Waals surface area contributed by atoms with E-state index < -0.39 is 0 Å². The summed E-state index contributed by atoms with van der Waals surface area (Å²) in [5.41, 5.74) is 8.48. The lowest BCUT2D eigenvalue weighted by Gasteiger charge is -2.19. The Kier molecular flexibility index (Phi) is 2.53. The van der Waals surface area contributed by atoms with E-state index in [1.807, 2.05) is 6.20 Å². The van der Waals surface area contributed by atoms with Crippen molar-refractivity contribution >= 4 is 22.4 Å². The summed E-state index contributed by atoms with van der Waals surface area (Å²) in [6.07, 6.45) is 10.9. The van der Waals surface area contributed by atoms with Crippen molar-refractivity contribution in [3.05, 3.63) is 29.0 Å². The smallest absolute Gasteiger partial charge is 0.194 e. The van der Waals surface area contributed by atoms with E-state index in [2.05, 4.69) is 27.0 Å². The molecule has 1 saturated carbocycles. The van der Waals surface area contributed by atoms with E-state index in [9.17, 15) is 0 Å². The predicted molar refractivity (Wildman–Crippen MR) is 67.5 cm³/mol. The number of imidazole rings is 1. The molecule has 2 N–H and O–H groups in total. The molecule has 0 saturated heterocycles. The molecule has 1 unspecified atom stereocenters. The van der Waals surface area contributed by atoms with Gasteiger partial charge in [-0.05, 0) is 31.8 Å². The van der Waals surface area contributed by atoms with Crippen LogP contribution in [0.3, 0.4) is 0 Å². The average Bonchev–Trinajstić information content (AvgIpc) is 2.77. The molecule has 16 heavy (non-hydrogen) atoms. The van der Waals surface area contributed by atoms with Crippen LogP contribution < -0.4 is 5.73 Å². The third kappa shape index (κ3) is 1.90. The first-order valence-electron chi connectivity index (χ1n) is 5.68. The quantitative estimate of drug-likeness (QED) is 0.823. The number of fused-ring (bicyclic) bond motifs is 1. The lowest BCUT2D eigenvalue weighted by Crippen LogP contribution is -2.23. The Bertz CT molecular complexity index is 495. The molecule has 1 atom stereocenters. The molecule has 2 aromatic heterocycles. The van der Waals surface area contributed by atoms with Gasteiger partial charge in [-0.1, -0.05) is 5.57 Å². The molecule has 0 radical (unpaired) electrons. The Morgan fingerprint density at radius 1 is 1.56 bits per heavy atom. The maximum atomic E-state index is 5.97. The van der Waals surface area contributed by atoms with Gasteiger partial charge in [0.15, 0.2) is 4.96 Å². The summed E-state index contributed by atoms with van der Waals surface area (Å²) in [5, 5.41) is 2.05. The normalized spacial score (nSPS) is 24.3. The molecule has 0 amide bonds. The zero-order valence-corrected chi connectivity index (χ0v) is 9.91. The summed E-state index contributed by atoms with van der Waals surface area (Å²) in [4.78, 5) is 5.62. The SMILES string of the molecule is NC1CCC/C(=C/c2cn3ccsc3n2)C1. The molecule has 1 aliphatic carbocycles. The maximum Gasteiger partial charge on any atom is 0.194 e. The van der Waals surface area contributed by atoms with Crippen molar-refractivity contribution in [2.75, 3.05) is 0 Å². The molecule has 3 rings (SSSR count). The van der Waals surface area contributed by atoms with Crippen molar-refractivity contribution in [2.24, 2.45) is 5.73 Å². The molecular weight excluding hydrogens is 218 g/mol. The van der Waals surface area contributed by atoms with Crippen LogP contribution in [0.15, 0.2) is 23.3 Å². The minimum atomic E-state index is 0.351. The second kappa shape index (κ2) is 4.03. The summed E-state index contributed by atoms with van der Waals surface area (Å²) in [6, 6.07) is 0.351. The van der Waals surface area contributed by atoms with Crippen molar-refractivity contribution in [1.82, 2.24) is 9.38 Å². The highest BCUT2D eigenvalue weighted by molar-refractivity contribution is 7.15. The Morgan fingerprint density at radius 2 is 2.50 bits per heavy atom. The molecule has 0 aliphatic heterocycles. The van der Waals surface area contributed by atoms with Gasteiger partial charge in [-0.25, -0.2) is 4.98 Å². The fourth-order valence-corrected chi connectivity index (χ4v) is 2.99. The summed E-state index contributed by atoms with van der Waals surface area (Å²) in [7, 11) is 0. The van der Waals surface area contributed by atoms with E-state index >= 15 is 0 Å². The van der Waals surface area contributed by atoms with Crippen LogP contribution in [0, 0.1) is 0 Å². The fourth-order valence-electron chi connectivity index (χ4n) is 2.29. The summed E-state index contributed by atoms with van der Waals surface area (Å²) >= 11 is 1.67. The minimum Gasteiger partial charge on any atom is -0.327 e. The van der Waals surface area contributed by atoms with Crippen LogP contribution in [-0.2, 0) is 0 Å². The van der Waals surface area contributed by atoms with Crippen molar-refractivity contribution in [3.63, 3.8) is 0 Å². The number of hydrogen-bond donors (Lipinski definition) is 1. The molecule has 2 aromatic rings. The predicted octanol–water partition coefficient (Wildman–Crippen LogP) is 2.68. The van der Waals surface area contributed by atoms with E-state index in [4.69, 9.17) is 5.73 Å². The monoisotopic (exact) mass is 233 g/mol. The third-order valence-corrected chi connectivity index (χ3v) is 3.83. The largest absolute Gasteiger partial charge is 0.327 e. The third-order valence-electron chi connectivity index (χ3n) is 3.06. The van der Waals surface area contributed by atoms with Crippen molar-refractivity contribution in [2.45, 2.75) is 31.7 Å². The van der Waals surface area contributed by atoms with Gasteiger partial charge < -0.3 is 5.73 Å². The lowest BCUT2D eigenvalue weighted by atomic mass is 9.91. The highest BCUT2D eigenvalue weighted by Crippen LogP contribution is 2.24. The van der Waals surface area contributed by atoms with Gasteiger partial charge in [-0.3, -0.25) is 4.40 Å². The van der Waals surface area contributed by atoms with E-state index in [1.54, 1.807) is 11.3 Å². The van der Waals surface area contributed by atoms with Gasteiger partial charge in [0, 0.05) is 23.8 Å². The zero-order valence-electron chi connectivity index (χ0n) is 9.10. The first kappa shape index (κ1) is 10.1. The highest BCUT2D eigenvalue weighted by Gasteiger charge is 2.13. The van der Waals surface area contributed by atoms with Crippen LogP contribution >= 0.6 is 11.3 Å². The Morgan fingerprint density at radius 3 is 3.31 bits per heavy atom. The van der Waals surface area contributed by atoms with Gasteiger partial charge in [0.1, 0.15) is 0 Å². The standard InChI is InChI=1S/C12H15N3S/c13-10-3-1-2-9(6-10)7-11-8-15-4-5-16-12(15)14-11/h4-5,7-8,10H,1-3,6,13H2/b9-7-. The molecule has 84 valence electrons. The van der Waals surface area contributed by atoms with E-state index in [0.29, 0.717) is 6.04 Å².